The van der Waals surface area contributed by atoms with Gasteiger partial charge in [0.05, 0.1) is 19.8 Å². The molecule has 2 aromatic rings. The SMILES string of the molecule is C=CCCC(C)CC.CC.CCc1c(-c2ccc(OC)cc2)cc(F)c(C(=O)OC)c1C. The van der Waals surface area contributed by atoms with Crippen molar-refractivity contribution in [1.29, 1.82) is 0 Å². The van der Waals surface area contributed by atoms with E-state index in [0.29, 0.717) is 12.0 Å². The predicted octanol–water partition coefficient (Wildman–Crippen LogP) is 8.18. The molecule has 1 atom stereocenters. The van der Waals surface area contributed by atoms with Gasteiger partial charge in [-0.2, -0.15) is 0 Å². The van der Waals surface area contributed by atoms with Gasteiger partial charge in [0.15, 0.2) is 0 Å². The molecule has 0 heterocycles. The van der Waals surface area contributed by atoms with Crippen molar-refractivity contribution in [2.24, 2.45) is 5.92 Å². The van der Waals surface area contributed by atoms with E-state index >= 15 is 0 Å². The molecule has 0 amide bonds. The third-order valence-corrected chi connectivity index (χ3v) is 5.37. The van der Waals surface area contributed by atoms with Crippen molar-refractivity contribution in [3.8, 4) is 16.9 Å². The van der Waals surface area contributed by atoms with E-state index in [1.165, 1.54) is 32.4 Å². The van der Waals surface area contributed by atoms with E-state index in [1.54, 1.807) is 14.0 Å². The van der Waals surface area contributed by atoms with Gasteiger partial charge in [0, 0.05) is 0 Å². The Bertz CT molecular complexity index is 826. The van der Waals surface area contributed by atoms with Crippen LogP contribution in [0.25, 0.3) is 11.1 Å². The van der Waals surface area contributed by atoms with Crippen molar-refractivity contribution >= 4 is 5.97 Å². The van der Waals surface area contributed by atoms with Crippen LogP contribution < -0.4 is 4.74 Å². The van der Waals surface area contributed by atoms with Gasteiger partial charge in [-0.1, -0.05) is 59.2 Å². The Labute approximate surface area is 194 Å². The molecule has 32 heavy (non-hydrogen) atoms. The Hall–Kier alpha value is -2.62. The van der Waals surface area contributed by atoms with Gasteiger partial charge in [-0.3, -0.25) is 0 Å². The first kappa shape index (κ1) is 29.4. The number of benzene rings is 2. The van der Waals surface area contributed by atoms with Gasteiger partial charge in [-0.25, -0.2) is 9.18 Å². The minimum absolute atomic E-state index is 0.0108. The number of carbonyl (C=O) groups is 1. The number of halogens is 1. The van der Waals surface area contributed by atoms with Gasteiger partial charge >= 0.3 is 5.97 Å². The van der Waals surface area contributed by atoms with Crippen LogP contribution in [0.2, 0.25) is 0 Å². The maximum absolute atomic E-state index is 14.4. The lowest BCUT2D eigenvalue weighted by atomic mass is 9.90. The monoisotopic (exact) mass is 444 g/mol. The molecule has 1 unspecified atom stereocenters. The van der Waals surface area contributed by atoms with E-state index in [-0.39, 0.29) is 5.56 Å². The van der Waals surface area contributed by atoms with E-state index in [9.17, 15) is 9.18 Å². The fraction of sp³-hybridized carbons (Fsp3) is 0.464. The molecule has 0 saturated carbocycles. The topological polar surface area (TPSA) is 35.5 Å². The van der Waals surface area contributed by atoms with Crippen LogP contribution in [0.3, 0.4) is 0 Å². The summed E-state index contributed by atoms with van der Waals surface area (Å²) in [6.07, 6.45) is 6.46. The van der Waals surface area contributed by atoms with Crippen LogP contribution >= 0.6 is 0 Å². The van der Waals surface area contributed by atoms with E-state index in [4.69, 9.17) is 4.74 Å². The first-order chi connectivity index (χ1) is 15.3. The van der Waals surface area contributed by atoms with Crippen LogP contribution in [0.4, 0.5) is 4.39 Å². The summed E-state index contributed by atoms with van der Waals surface area (Å²) in [5.41, 5.74) is 3.24. The van der Waals surface area contributed by atoms with Crippen molar-refractivity contribution in [2.75, 3.05) is 14.2 Å². The number of methoxy groups -OCH3 is 2. The highest BCUT2D eigenvalue weighted by molar-refractivity contribution is 5.93. The zero-order valence-corrected chi connectivity index (χ0v) is 21.2. The average Bonchev–Trinajstić information content (AvgIpc) is 2.83. The summed E-state index contributed by atoms with van der Waals surface area (Å²) in [5.74, 6) is 0.413. The number of carbonyl (C=O) groups excluding carboxylic acids is 1. The summed E-state index contributed by atoms with van der Waals surface area (Å²) in [4.78, 5) is 11.8. The Balaban J connectivity index is 0.000000814. The largest absolute Gasteiger partial charge is 0.497 e. The molecule has 178 valence electrons. The summed E-state index contributed by atoms with van der Waals surface area (Å²) in [6.45, 7) is 15.9. The normalized spacial score (nSPS) is 10.7. The highest BCUT2D eigenvalue weighted by Gasteiger charge is 2.21. The van der Waals surface area contributed by atoms with Crippen LogP contribution in [0.5, 0.6) is 5.75 Å². The summed E-state index contributed by atoms with van der Waals surface area (Å²) < 4.78 is 24.2. The van der Waals surface area contributed by atoms with Gasteiger partial charge in [0.1, 0.15) is 11.6 Å². The van der Waals surface area contributed by atoms with Crippen LogP contribution in [-0.4, -0.2) is 20.2 Å². The second-order valence-corrected chi connectivity index (χ2v) is 7.34. The van der Waals surface area contributed by atoms with Crippen LogP contribution in [0.1, 0.15) is 75.4 Å². The molecule has 2 rings (SSSR count). The molecule has 4 heteroatoms. The number of allylic oxidation sites excluding steroid dienone is 1. The molecule has 0 aliphatic carbocycles. The molecule has 0 aliphatic heterocycles. The predicted molar refractivity (Wildman–Crippen MR) is 134 cm³/mol. The standard InChI is InChI=1S/C18H19FO3.C8H16.C2H6/c1-5-14-11(2)17(18(20)22-4)16(19)10-15(14)12-6-8-13(21-3)9-7-12;1-4-6-7-8(3)5-2;1-2/h6-10H,5H2,1-4H3;4,8H,1,5-7H2,2-3H3;1-2H3. The quantitative estimate of drug-likeness (QED) is 0.304. The highest BCUT2D eigenvalue weighted by Crippen LogP contribution is 2.32. The lowest BCUT2D eigenvalue weighted by Gasteiger charge is -2.16. The number of hydrogen-bond donors (Lipinski definition) is 0. The summed E-state index contributed by atoms with van der Waals surface area (Å²) in [5, 5.41) is 0. The van der Waals surface area contributed by atoms with Crippen molar-refractivity contribution in [3.63, 3.8) is 0 Å². The summed E-state index contributed by atoms with van der Waals surface area (Å²) in [6, 6.07) is 8.82. The first-order valence-electron chi connectivity index (χ1n) is 11.5. The third-order valence-electron chi connectivity index (χ3n) is 5.37. The molecule has 0 saturated heterocycles. The van der Waals surface area contributed by atoms with Crippen LogP contribution in [-0.2, 0) is 11.2 Å². The lowest BCUT2D eigenvalue weighted by Crippen LogP contribution is -2.10. The van der Waals surface area contributed by atoms with Crippen LogP contribution in [0.15, 0.2) is 43.0 Å². The molecule has 0 aliphatic rings. The molecule has 0 bridgehead atoms. The van der Waals surface area contributed by atoms with E-state index in [0.717, 1.165) is 28.4 Å². The van der Waals surface area contributed by atoms with Gasteiger partial charge in [0.25, 0.3) is 0 Å². The smallest absolute Gasteiger partial charge is 0.341 e. The first-order valence-corrected chi connectivity index (χ1v) is 11.5. The lowest BCUT2D eigenvalue weighted by molar-refractivity contribution is 0.0594. The average molecular weight is 445 g/mol. The van der Waals surface area contributed by atoms with Crippen molar-refractivity contribution in [3.05, 3.63) is 65.5 Å². The van der Waals surface area contributed by atoms with E-state index in [2.05, 4.69) is 25.2 Å². The molecule has 0 aromatic heterocycles. The number of hydrogen-bond acceptors (Lipinski definition) is 3. The van der Waals surface area contributed by atoms with E-state index in [1.807, 2.05) is 51.1 Å². The van der Waals surface area contributed by atoms with Gasteiger partial charge in [-0.15, -0.1) is 6.58 Å². The Morgan fingerprint density at radius 1 is 1.16 bits per heavy atom. The van der Waals surface area contributed by atoms with Crippen molar-refractivity contribution in [1.82, 2.24) is 0 Å². The molecular formula is C28H41FO3. The number of esters is 1. The maximum Gasteiger partial charge on any atom is 0.341 e. The Morgan fingerprint density at radius 2 is 1.75 bits per heavy atom. The molecule has 3 nitrogen and oxygen atoms in total. The molecule has 0 N–H and O–H groups in total. The van der Waals surface area contributed by atoms with Gasteiger partial charge in [0.2, 0.25) is 0 Å². The fourth-order valence-electron chi connectivity index (χ4n) is 3.26. The minimum atomic E-state index is -0.647. The maximum atomic E-state index is 14.4. The van der Waals surface area contributed by atoms with E-state index < -0.39 is 11.8 Å². The zero-order valence-electron chi connectivity index (χ0n) is 21.2. The van der Waals surface area contributed by atoms with Crippen molar-refractivity contribution < 1.29 is 18.7 Å². The molecule has 0 spiro atoms. The van der Waals surface area contributed by atoms with Gasteiger partial charge < -0.3 is 9.47 Å². The van der Waals surface area contributed by atoms with Gasteiger partial charge in [-0.05, 0) is 72.6 Å². The van der Waals surface area contributed by atoms with Crippen molar-refractivity contribution in [2.45, 2.75) is 67.2 Å². The Kier molecular flexibility index (Phi) is 14.8. The third kappa shape index (κ3) is 8.49. The number of rotatable bonds is 8. The molecule has 0 fully saturated rings. The summed E-state index contributed by atoms with van der Waals surface area (Å²) in [7, 11) is 2.85. The Morgan fingerprint density at radius 3 is 2.19 bits per heavy atom. The number of ether oxygens (including phenoxy) is 2. The second-order valence-electron chi connectivity index (χ2n) is 7.34. The zero-order chi connectivity index (χ0) is 24.7. The fourth-order valence-corrected chi connectivity index (χ4v) is 3.26. The van der Waals surface area contributed by atoms with Crippen LogP contribution in [0, 0.1) is 18.7 Å². The molecular weight excluding hydrogens is 403 g/mol. The molecule has 2 aromatic carbocycles. The highest BCUT2D eigenvalue weighted by atomic mass is 19.1. The summed E-state index contributed by atoms with van der Waals surface area (Å²) >= 11 is 0. The molecule has 0 radical (unpaired) electrons. The minimum Gasteiger partial charge on any atom is -0.497 e. The second kappa shape index (κ2) is 16.1.